The molecule has 1 heterocycles. The highest BCUT2D eigenvalue weighted by Gasteiger charge is 2.23. The fourth-order valence-corrected chi connectivity index (χ4v) is 3.59. The Morgan fingerprint density at radius 3 is 2.33 bits per heavy atom. The number of nitrogens with zero attached hydrogens (tertiary/aromatic N) is 1. The molecule has 0 unspecified atom stereocenters. The van der Waals surface area contributed by atoms with Gasteiger partial charge in [0.1, 0.15) is 0 Å². The van der Waals surface area contributed by atoms with Gasteiger partial charge >= 0.3 is 5.97 Å². The number of fused-ring (bicyclic) bond motifs is 1. The first-order valence-electron chi connectivity index (χ1n) is 9.08. The lowest BCUT2D eigenvalue weighted by Gasteiger charge is -2.16. The Kier molecular flexibility index (Phi) is 5.86. The summed E-state index contributed by atoms with van der Waals surface area (Å²) in [7, 11) is -3.82. The number of hydrogen-bond acceptors (Lipinski definition) is 6. The summed E-state index contributed by atoms with van der Waals surface area (Å²) < 4.78 is 27.9. The number of esters is 1. The van der Waals surface area contributed by atoms with Crippen molar-refractivity contribution >= 4 is 38.5 Å². The van der Waals surface area contributed by atoms with Crippen molar-refractivity contribution < 1.29 is 22.7 Å². The SMILES string of the molecule is Cc1nc2ccccc2c(C)c1C(=O)O[C@H](C)C(=O)Nc1ccc(S(N)(=O)=O)cc1. The molecule has 0 aliphatic carbocycles. The second-order valence-corrected chi connectivity index (χ2v) is 8.38. The maximum Gasteiger partial charge on any atom is 0.341 e. The number of pyridine rings is 1. The normalized spacial score (nSPS) is 12.4. The van der Waals surface area contributed by atoms with E-state index in [0.717, 1.165) is 16.5 Å². The molecule has 30 heavy (non-hydrogen) atoms. The fourth-order valence-electron chi connectivity index (χ4n) is 3.08. The number of sulfonamides is 1. The van der Waals surface area contributed by atoms with E-state index in [4.69, 9.17) is 9.88 Å². The number of aromatic nitrogens is 1. The lowest BCUT2D eigenvalue weighted by molar-refractivity contribution is -0.123. The number of anilines is 1. The summed E-state index contributed by atoms with van der Waals surface area (Å²) in [4.78, 5) is 29.5. The van der Waals surface area contributed by atoms with Crippen LogP contribution in [0.4, 0.5) is 5.69 Å². The third-order valence-corrected chi connectivity index (χ3v) is 5.57. The standard InChI is InChI=1S/C21H21N3O5S/c1-12-17-6-4-5-7-18(17)23-13(2)19(12)21(26)29-14(3)20(25)24-15-8-10-16(11-9-15)30(22,27)28/h4-11,14H,1-3H3,(H,24,25)(H2,22,27,28)/t14-/m1/s1. The number of carbonyl (C=O) groups excluding carboxylic acids is 2. The van der Waals surface area contributed by atoms with Crippen molar-refractivity contribution in [1.29, 1.82) is 0 Å². The van der Waals surface area contributed by atoms with E-state index in [1.165, 1.54) is 31.2 Å². The number of rotatable bonds is 5. The molecule has 0 saturated heterocycles. The van der Waals surface area contributed by atoms with Crippen molar-refractivity contribution in [3.63, 3.8) is 0 Å². The van der Waals surface area contributed by atoms with E-state index in [0.29, 0.717) is 16.9 Å². The fraction of sp³-hybridized carbons (Fsp3) is 0.190. The predicted octanol–water partition coefficient (Wildman–Crippen LogP) is 2.68. The summed E-state index contributed by atoms with van der Waals surface area (Å²) in [5.41, 5.74) is 2.69. The van der Waals surface area contributed by atoms with Crippen LogP contribution in [0.2, 0.25) is 0 Å². The molecule has 0 aliphatic rings. The number of para-hydroxylation sites is 1. The van der Waals surface area contributed by atoms with Crippen LogP contribution in [0, 0.1) is 13.8 Å². The van der Waals surface area contributed by atoms with Crippen LogP contribution >= 0.6 is 0 Å². The summed E-state index contributed by atoms with van der Waals surface area (Å²) in [6.07, 6.45) is -1.08. The highest BCUT2D eigenvalue weighted by molar-refractivity contribution is 7.89. The average Bonchev–Trinajstić information content (AvgIpc) is 2.67. The van der Waals surface area contributed by atoms with Crippen molar-refractivity contribution in [3.8, 4) is 0 Å². The molecule has 1 aromatic heterocycles. The van der Waals surface area contributed by atoms with E-state index in [1.807, 2.05) is 31.2 Å². The predicted molar refractivity (Wildman–Crippen MR) is 113 cm³/mol. The second kappa shape index (κ2) is 8.21. The molecule has 0 radical (unpaired) electrons. The van der Waals surface area contributed by atoms with E-state index in [9.17, 15) is 18.0 Å². The molecule has 0 bridgehead atoms. The van der Waals surface area contributed by atoms with Crippen LogP contribution in [0.15, 0.2) is 53.4 Å². The van der Waals surface area contributed by atoms with Crippen molar-refractivity contribution in [2.24, 2.45) is 5.14 Å². The average molecular weight is 427 g/mol. The monoisotopic (exact) mass is 427 g/mol. The molecular formula is C21H21N3O5S. The van der Waals surface area contributed by atoms with Crippen LogP contribution in [-0.2, 0) is 19.6 Å². The van der Waals surface area contributed by atoms with Crippen molar-refractivity contribution in [3.05, 3.63) is 65.4 Å². The number of benzene rings is 2. The minimum Gasteiger partial charge on any atom is -0.449 e. The topological polar surface area (TPSA) is 128 Å². The zero-order valence-corrected chi connectivity index (χ0v) is 17.5. The molecule has 3 rings (SSSR count). The van der Waals surface area contributed by atoms with Gasteiger partial charge < -0.3 is 10.1 Å². The maximum atomic E-state index is 12.7. The van der Waals surface area contributed by atoms with Gasteiger partial charge in [-0.15, -0.1) is 0 Å². The quantitative estimate of drug-likeness (QED) is 0.603. The first-order valence-corrected chi connectivity index (χ1v) is 10.6. The number of ether oxygens (including phenoxy) is 1. The molecule has 1 atom stereocenters. The molecule has 1 amide bonds. The third kappa shape index (κ3) is 4.47. The molecule has 3 aromatic rings. The van der Waals surface area contributed by atoms with Crippen molar-refractivity contribution in [1.82, 2.24) is 4.98 Å². The van der Waals surface area contributed by atoms with Gasteiger partial charge in [0.15, 0.2) is 6.10 Å². The van der Waals surface area contributed by atoms with E-state index in [-0.39, 0.29) is 4.90 Å². The van der Waals surface area contributed by atoms with Gasteiger partial charge in [-0.1, -0.05) is 18.2 Å². The van der Waals surface area contributed by atoms with E-state index >= 15 is 0 Å². The second-order valence-electron chi connectivity index (χ2n) is 6.82. The molecular weight excluding hydrogens is 406 g/mol. The van der Waals surface area contributed by atoms with Crippen LogP contribution in [-0.4, -0.2) is 31.4 Å². The van der Waals surface area contributed by atoms with E-state index in [2.05, 4.69) is 10.3 Å². The van der Waals surface area contributed by atoms with Crippen LogP contribution in [0.5, 0.6) is 0 Å². The molecule has 8 nitrogen and oxygen atoms in total. The van der Waals surface area contributed by atoms with Crippen molar-refractivity contribution in [2.45, 2.75) is 31.8 Å². The Bertz CT molecular complexity index is 1240. The number of nitrogens with one attached hydrogen (secondary N) is 1. The molecule has 3 N–H and O–H groups in total. The molecule has 0 spiro atoms. The highest BCUT2D eigenvalue weighted by atomic mass is 32.2. The van der Waals surface area contributed by atoms with E-state index in [1.54, 1.807) is 6.92 Å². The first kappa shape index (κ1) is 21.4. The Morgan fingerprint density at radius 1 is 1.07 bits per heavy atom. The van der Waals surface area contributed by atoms with Gasteiger partial charge in [-0.25, -0.2) is 18.4 Å². The number of aryl methyl sites for hydroxylation is 2. The Labute approximate surface area is 174 Å². The Morgan fingerprint density at radius 2 is 1.70 bits per heavy atom. The minimum atomic E-state index is -3.82. The molecule has 156 valence electrons. The van der Waals surface area contributed by atoms with Crippen LogP contribution in [0.3, 0.4) is 0 Å². The van der Waals surface area contributed by atoms with Gasteiger partial charge in [-0.05, 0) is 56.7 Å². The summed E-state index contributed by atoms with van der Waals surface area (Å²) >= 11 is 0. The number of nitrogens with two attached hydrogens (primary N) is 1. The minimum absolute atomic E-state index is 0.0743. The molecule has 0 saturated carbocycles. The molecule has 2 aromatic carbocycles. The number of amides is 1. The lowest BCUT2D eigenvalue weighted by atomic mass is 10.0. The van der Waals surface area contributed by atoms with Crippen LogP contribution < -0.4 is 10.5 Å². The van der Waals surface area contributed by atoms with Gasteiger partial charge in [0.05, 0.1) is 21.7 Å². The molecule has 0 fully saturated rings. The summed E-state index contributed by atoms with van der Waals surface area (Å²) in [5, 5.41) is 8.45. The van der Waals surface area contributed by atoms with Crippen LogP contribution in [0.1, 0.15) is 28.5 Å². The number of hydrogen-bond donors (Lipinski definition) is 2. The van der Waals surface area contributed by atoms with Crippen LogP contribution in [0.25, 0.3) is 10.9 Å². The summed E-state index contributed by atoms with van der Waals surface area (Å²) in [5.74, 6) is -1.20. The summed E-state index contributed by atoms with van der Waals surface area (Å²) in [6.45, 7) is 4.98. The van der Waals surface area contributed by atoms with Gasteiger partial charge in [0.2, 0.25) is 10.0 Å². The van der Waals surface area contributed by atoms with E-state index < -0.39 is 28.0 Å². The Hall–Kier alpha value is -3.30. The molecule has 0 aliphatic heterocycles. The van der Waals surface area contributed by atoms with Gasteiger partial charge in [0, 0.05) is 11.1 Å². The smallest absolute Gasteiger partial charge is 0.341 e. The molecule has 9 heteroatoms. The largest absolute Gasteiger partial charge is 0.449 e. The van der Waals surface area contributed by atoms with Crippen molar-refractivity contribution in [2.75, 3.05) is 5.32 Å². The van der Waals surface area contributed by atoms with Gasteiger partial charge in [0.25, 0.3) is 5.91 Å². The zero-order valence-electron chi connectivity index (χ0n) is 16.7. The lowest BCUT2D eigenvalue weighted by Crippen LogP contribution is -2.30. The Balaban J connectivity index is 1.74. The number of primary sulfonamides is 1. The first-order chi connectivity index (χ1) is 14.1. The van der Waals surface area contributed by atoms with Gasteiger partial charge in [-0.3, -0.25) is 9.78 Å². The maximum absolute atomic E-state index is 12.7. The third-order valence-electron chi connectivity index (χ3n) is 4.64. The zero-order chi connectivity index (χ0) is 22.1. The highest BCUT2D eigenvalue weighted by Crippen LogP contribution is 2.23. The summed E-state index contributed by atoms with van der Waals surface area (Å²) in [6, 6.07) is 12.8. The number of carbonyl (C=O) groups is 2. The van der Waals surface area contributed by atoms with Gasteiger partial charge in [-0.2, -0.15) is 0 Å².